The van der Waals surface area contributed by atoms with E-state index in [2.05, 4.69) is 11.4 Å². The van der Waals surface area contributed by atoms with Gasteiger partial charge in [0.25, 0.3) is 5.91 Å². The molecule has 1 aromatic rings. The van der Waals surface area contributed by atoms with Crippen LogP contribution in [-0.2, 0) is 9.53 Å². The van der Waals surface area contributed by atoms with Crippen LogP contribution in [0.3, 0.4) is 0 Å². The molecule has 1 rings (SSSR count). The summed E-state index contributed by atoms with van der Waals surface area (Å²) in [6.07, 6.45) is 0.536. The first-order valence-electron chi connectivity index (χ1n) is 6.54. The Hall–Kier alpha value is -2.06. The summed E-state index contributed by atoms with van der Waals surface area (Å²) < 4.78 is 10.6. The lowest BCUT2D eigenvalue weighted by Crippen LogP contribution is -2.41. The highest BCUT2D eigenvalue weighted by Gasteiger charge is 2.31. The summed E-state index contributed by atoms with van der Waals surface area (Å²) in [4.78, 5) is 12.2. The van der Waals surface area contributed by atoms with Gasteiger partial charge in [-0.2, -0.15) is 5.26 Å². The maximum Gasteiger partial charge on any atom is 0.256 e. The molecule has 1 N–H and O–H groups in total. The summed E-state index contributed by atoms with van der Waals surface area (Å²) in [7, 11) is 1.49. The van der Waals surface area contributed by atoms with Crippen molar-refractivity contribution in [2.24, 2.45) is 0 Å². The molecule has 5 heteroatoms. The molecule has 0 fully saturated rings. The van der Waals surface area contributed by atoms with Gasteiger partial charge in [-0.25, -0.2) is 0 Å². The Kier molecular flexibility index (Phi) is 5.53. The van der Waals surface area contributed by atoms with Crippen LogP contribution < -0.4 is 10.1 Å². The Balaban J connectivity index is 2.98. The molecule has 0 spiro atoms. The predicted octanol–water partition coefficient (Wildman–Crippen LogP) is 2.71. The summed E-state index contributed by atoms with van der Waals surface area (Å²) in [6.45, 7) is 5.97. The van der Waals surface area contributed by atoms with E-state index in [9.17, 15) is 4.79 Å². The number of ether oxygens (including phenoxy) is 2. The highest BCUT2D eigenvalue weighted by molar-refractivity contribution is 5.98. The molecular formula is C15H20N2O3. The zero-order valence-corrected chi connectivity index (χ0v) is 12.3. The van der Waals surface area contributed by atoms with Crippen molar-refractivity contribution < 1.29 is 14.3 Å². The first-order chi connectivity index (χ1) is 9.50. The quantitative estimate of drug-likeness (QED) is 0.867. The molecule has 1 amide bonds. The topological polar surface area (TPSA) is 71.3 Å². The van der Waals surface area contributed by atoms with Crippen LogP contribution in [0.1, 0.15) is 32.8 Å². The summed E-state index contributed by atoms with van der Waals surface area (Å²) in [5, 5.41) is 11.9. The molecule has 0 saturated heterocycles. The van der Waals surface area contributed by atoms with Crippen LogP contribution in [0.4, 0.5) is 5.69 Å². The minimum absolute atomic E-state index is 0.275. The number of carbonyl (C=O) groups excluding carboxylic acids is 1. The number of methoxy groups -OCH3 is 1. The van der Waals surface area contributed by atoms with Gasteiger partial charge in [0.1, 0.15) is 17.4 Å². The minimum atomic E-state index is -0.911. The molecule has 0 aliphatic rings. The zero-order valence-electron chi connectivity index (χ0n) is 12.3. The second kappa shape index (κ2) is 6.92. The summed E-state index contributed by atoms with van der Waals surface area (Å²) in [5.41, 5.74) is -0.0952. The highest BCUT2D eigenvalue weighted by Crippen LogP contribution is 2.24. The lowest BCUT2D eigenvalue weighted by molar-refractivity contribution is -0.136. The van der Waals surface area contributed by atoms with Crippen LogP contribution >= 0.6 is 0 Å². The molecule has 0 bridgehead atoms. The second-order valence-corrected chi connectivity index (χ2v) is 4.49. The van der Waals surface area contributed by atoms with Gasteiger partial charge in [-0.15, -0.1) is 0 Å². The molecule has 108 valence electrons. The Morgan fingerprint density at radius 1 is 1.45 bits per heavy atom. The standard InChI is InChI=1S/C15H20N2O3/c1-5-15(3,19-4)14(18)17-13-8-7-12(20-6-2)9-11(13)10-16/h7-9H,5-6H2,1-4H3,(H,17,18). The van der Waals surface area contributed by atoms with E-state index in [0.717, 1.165) is 0 Å². The fourth-order valence-corrected chi connectivity index (χ4v) is 1.63. The molecule has 0 saturated carbocycles. The van der Waals surface area contributed by atoms with Crippen molar-refractivity contribution in [2.75, 3.05) is 19.0 Å². The smallest absolute Gasteiger partial charge is 0.256 e. The van der Waals surface area contributed by atoms with Crippen LogP contribution in [0, 0.1) is 11.3 Å². The molecule has 5 nitrogen and oxygen atoms in total. The average molecular weight is 276 g/mol. The number of nitrogens with zero attached hydrogens (tertiary/aromatic N) is 1. The largest absolute Gasteiger partial charge is 0.494 e. The number of carbonyl (C=O) groups is 1. The van der Waals surface area contributed by atoms with Crippen molar-refractivity contribution in [3.63, 3.8) is 0 Å². The maximum absolute atomic E-state index is 12.2. The van der Waals surface area contributed by atoms with E-state index in [1.165, 1.54) is 7.11 Å². The van der Waals surface area contributed by atoms with Crippen LogP contribution in [-0.4, -0.2) is 25.2 Å². The lowest BCUT2D eigenvalue weighted by atomic mass is 10.0. The fourth-order valence-electron chi connectivity index (χ4n) is 1.63. The molecule has 1 atom stereocenters. The molecule has 0 aromatic heterocycles. The van der Waals surface area contributed by atoms with Crippen LogP contribution in [0.5, 0.6) is 5.75 Å². The van der Waals surface area contributed by atoms with Gasteiger partial charge in [-0.1, -0.05) is 6.92 Å². The fraction of sp³-hybridized carbons (Fsp3) is 0.467. The first kappa shape index (κ1) is 16.0. The van der Waals surface area contributed by atoms with Crippen LogP contribution in [0.2, 0.25) is 0 Å². The third-order valence-electron chi connectivity index (χ3n) is 3.28. The maximum atomic E-state index is 12.2. The number of nitriles is 1. The number of anilines is 1. The van der Waals surface area contributed by atoms with E-state index in [1.807, 2.05) is 13.8 Å². The normalized spacial score (nSPS) is 13.2. The monoisotopic (exact) mass is 276 g/mol. The van der Waals surface area contributed by atoms with Gasteiger partial charge < -0.3 is 14.8 Å². The van der Waals surface area contributed by atoms with Crippen molar-refractivity contribution in [1.29, 1.82) is 5.26 Å². The van der Waals surface area contributed by atoms with Crippen molar-refractivity contribution in [1.82, 2.24) is 0 Å². The van der Waals surface area contributed by atoms with E-state index in [0.29, 0.717) is 30.0 Å². The van der Waals surface area contributed by atoms with Crippen LogP contribution in [0.25, 0.3) is 0 Å². The molecule has 0 radical (unpaired) electrons. The van der Waals surface area contributed by atoms with Gasteiger partial charge in [-0.05, 0) is 38.5 Å². The summed E-state index contributed by atoms with van der Waals surface area (Å²) >= 11 is 0. The predicted molar refractivity (Wildman–Crippen MR) is 76.7 cm³/mol. The number of hydrogen-bond donors (Lipinski definition) is 1. The Morgan fingerprint density at radius 3 is 2.65 bits per heavy atom. The zero-order chi connectivity index (χ0) is 15.2. The van der Waals surface area contributed by atoms with E-state index in [1.54, 1.807) is 25.1 Å². The van der Waals surface area contributed by atoms with Gasteiger partial charge in [0, 0.05) is 7.11 Å². The van der Waals surface area contributed by atoms with Gasteiger partial charge in [-0.3, -0.25) is 4.79 Å². The third kappa shape index (κ3) is 3.49. The summed E-state index contributed by atoms with van der Waals surface area (Å²) in [6, 6.07) is 7.04. The van der Waals surface area contributed by atoms with Crippen molar-refractivity contribution in [2.45, 2.75) is 32.8 Å². The van der Waals surface area contributed by atoms with Crippen LogP contribution in [0.15, 0.2) is 18.2 Å². The van der Waals surface area contributed by atoms with E-state index in [4.69, 9.17) is 14.7 Å². The number of hydrogen-bond acceptors (Lipinski definition) is 4. The molecule has 1 aromatic carbocycles. The van der Waals surface area contributed by atoms with Gasteiger partial charge in [0.15, 0.2) is 0 Å². The van der Waals surface area contributed by atoms with Crippen molar-refractivity contribution in [3.8, 4) is 11.8 Å². The average Bonchev–Trinajstić information content (AvgIpc) is 2.48. The van der Waals surface area contributed by atoms with E-state index >= 15 is 0 Å². The molecule has 0 aliphatic heterocycles. The Labute approximate surface area is 119 Å². The molecule has 0 heterocycles. The lowest BCUT2D eigenvalue weighted by Gasteiger charge is -2.25. The van der Waals surface area contributed by atoms with E-state index < -0.39 is 5.60 Å². The first-order valence-corrected chi connectivity index (χ1v) is 6.54. The summed E-state index contributed by atoms with van der Waals surface area (Å²) in [5.74, 6) is 0.329. The number of benzene rings is 1. The van der Waals surface area contributed by atoms with Gasteiger partial charge in [0.05, 0.1) is 17.9 Å². The van der Waals surface area contributed by atoms with Crippen molar-refractivity contribution >= 4 is 11.6 Å². The number of nitrogens with one attached hydrogen (secondary N) is 1. The van der Waals surface area contributed by atoms with Gasteiger partial charge in [0.2, 0.25) is 0 Å². The Bertz CT molecular complexity index is 516. The SMILES string of the molecule is CCOc1ccc(NC(=O)C(C)(CC)OC)c(C#N)c1. The van der Waals surface area contributed by atoms with Gasteiger partial charge >= 0.3 is 0 Å². The third-order valence-corrected chi connectivity index (χ3v) is 3.28. The molecule has 20 heavy (non-hydrogen) atoms. The number of rotatable bonds is 6. The Morgan fingerprint density at radius 2 is 2.15 bits per heavy atom. The number of amides is 1. The van der Waals surface area contributed by atoms with Crippen molar-refractivity contribution in [3.05, 3.63) is 23.8 Å². The van der Waals surface area contributed by atoms with E-state index in [-0.39, 0.29) is 5.91 Å². The molecule has 1 unspecified atom stereocenters. The highest BCUT2D eigenvalue weighted by atomic mass is 16.5. The molecule has 0 aliphatic carbocycles. The second-order valence-electron chi connectivity index (χ2n) is 4.49. The molecular weight excluding hydrogens is 256 g/mol. The minimum Gasteiger partial charge on any atom is -0.494 e.